The second-order valence-corrected chi connectivity index (χ2v) is 15.7. The number of aromatic nitrogens is 5. The number of hydrogen-bond donors (Lipinski definition) is 5. The summed E-state index contributed by atoms with van der Waals surface area (Å²) in [7, 11) is 0. The molecule has 3 aromatic heterocycles. The van der Waals surface area contributed by atoms with Gasteiger partial charge in [-0.2, -0.15) is 9.97 Å². The number of nitrogens with zero attached hydrogens (tertiary/aromatic N) is 7. The van der Waals surface area contributed by atoms with Gasteiger partial charge in [0.05, 0.1) is 18.5 Å². The van der Waals surface area contributed by atoms with Crippen molar-refractivity contribution in [2.24, 2.45) is 5.92 Å². The molecular weight excluding hydrogens is 715 g/mol. The molecule has 2 aromatic carbocycles. The van der Waals surface area contributed by atoms with Gasteiger partial charge in [-0.25, -0.2) is 9.97 Å². The van der Waals surface area contributed by atoms with E-state index in [-0.39, 0.29) is 42.3 Å². The fourth-order valence-corrected chi connectivity index (χ4v) is 8.79. The molecule has 0 radical (unpaired) electrons. The minimum Gasteiger partial charge on any atom is -0.391 e. The molecule has 1 amide bonds. The largest absolute Gasteiger partial charge is 0.391 e. The summed E-state index contributed by atoms with van der Waals surface area (Å²) in [6.45, 7) is 10.6. The van der Waals surface area contributed by atoms with Crippen LogP contribution in [0.25, 0.3) is 11.2 Å². The standard InChI is InChI=1S/C44H55N11O2/c1-3-12-39(56)50-36-25-37(41(57)30(36)2)55-29-49-40-42(46-26-35(31-13-6-4-7-14-31)32-15-8-5-9-16-32)51-44(52-43(40)55)54-24-20-34(27-54)48-28-47-33-18-22-53(23-19-33)38-17-10-11-21-45-38/h3-11,13-17,21,29-30,33-37,41,47-48,57H,1,12,18-20,22-28H2,2H3,(H,50,56)(H,46,51,52). The number of carbonyl (C=O) groups is 1. The lowest BCUT2D eigenvalue weighted by Crippen LogP contribution is -2.47. The zero-order chi connectivity index (χ0) is 39.1. The lowest BCUT2D eigenvalue weighted by molar-refractivity contribution is -0.121. The van der Waals surface area contributed by atoms with Gasteiger partial charge >= 0.3 is 0 Å². The van der Waals surface area contributed by atoms with Crippen LogP contribution in [0.3, 0.4) is 0 Å². The number of piperidine rings is 1. The average Bonchev–Trinajstić information content (AvgIpc) is 3.97. The minimum absolute atomic E-state index is 0.0792. The first-order chi connectivity index (χ1) is 27.9. The monoisotopic (exact) mass is 769 g/mol. The summed E-state index contributed by atoms with van der Waals surface area (Å²) in [4.78, 5) is 36.9. The van der Waals surface area contributed by atoms with Crippen LogP contribution in [0, 0.1) is 5.92 Å². The summed E-state index contributed by atoms with van der Waals surface area (Å²) in [5, 5.41) is 25.9. The van der Waals surface area contributed by atoms with E-state index in [9.17, 15) is 9.90 Å². The lowest BCUT2D eigenvalue weighted by Gasteiger charge is -2.33. The summed E-state index contributed by atoms with van der Waals surface area (Å²) < 4.78 is 1.99. The van der Waals surface area contributed by atoms with E-state index >= 15 is 0 Å². The highest BCUT2D eigenvalue weighted by Gasteiger charge is 2.42. The van der Waals surface area contributed by atoms with Crippen molar-refractivity contribution in [1.82, 2.24) is 40.5 Å². The van der Waals surface area contributed by atoms with Crippen LogP contribution in [0.4, 0.5) is 17.6 Å². The van der Waals surface area contributed by atoms with Crippen LogP contribution < -0.4 is 31.1 Å². The highest BCUT2D eigenvalue weighted by molar-refractivity contribution is 5.84. The number of nitrogens with one attached hydrogen (secondary N) is 4. The molecule has 57 heavy (non-hydrogen) atoms. The molecule has 1 saturated carbocycles. The first kappa shape index (κ1) is 38.5. The van der Waals surface area contributed by atoms with Gasteiger partial charge in [-0.3, -0.25) is 10.1 Å². The molecule has 8 rings (SSSR count). The second kappa shape index (κ2) is 17.8. The summed E-state index contributed by atoms with van der Waals surface area (Å²) in [6, 6.07) is 27.4. The maximum atomic E-state index is 12.5. The molecule has 5 atom stereocenters. The zero-order valence-electron chi connectivity index (χ0n) is 32.8. The smallest absolute Gasteiger partial charge is 0.229 e. The van der Waals surface area contributed by atoms with Crippen LogP contribution in [-0.2, 0) is 4.79 Å². The van der Waals surface area contributed by atoms with Crippen molar-refractivity contribution in [3.8, 4) is 0 Å². The van der Waals surface area contributed by atoms with Gasteiger partial charge in [-0.1, -0.05) is 79.7 Å². The first-order valence-electron chi connectivity index (χ1n) is 20.5. The van der Waals surface area contributed by atoms with Crippen molar-refractivity contribution in [2.75, 3.05) is 54.5 Å². The zero-order valence-corrected chi connectivity index (χ0v) is 32.8. The molecule has 3 aliphatic rings. The van der Waals surface area contributed by atoms with Crippen molar-refractivity contribution in [3.05, 3.63) is 115 Å². The highest BCUT2D eigenvalue weighted by atomic mass is 16.3. The third-order valence-electron chi connectivity index (χ3n) is 12.1. The number of imidazole rings is 1. The van der Waals surface area contributed by atoms with Crippen LogP contribution in [0.2, 0.25) is 0 Å². The highest BCUT2D eigenvalue weighted by Crippen LogP contribution is 2.38. The number of hydrogen-bond acceptors (Lipinski definition) is 11. The van der Waals surface area contributed by atoms with Crippen LogP contribution >= 0.6 is 0 Å². The number of anilines is 3. The van der Waals surface area contributed by atoms with Crippen LogP contribution in [0.15, 0.2) is 104 Å². The van der Waals surface area contributed by atoms with Gasteiger partial charge in [0.25, 0.3) is 0 Å². The molecule has 298 valence electrons. The number of carbonyl (C=O) groups excluding carboxylic acids is 1. The van der Waals surface area contributed by atoms with Crippen molar-refractivity contribution in [2.45, 2.75) is 75.2 Å². The fourth-order valence-electron chi connectivity index (χ4n) is 8.79. The van der Waals surface area contributed by atoms with Gasteiger partial charge in [-0.15, -0.1) is 6.58 Å². The predicted octanol–water partition coefficient (Wildman–Crippen LogP) is 4.85. The van der Waals surface area contributed by atoms with E-state index < -0.39 is 6.10 Å². The van der Waals surface area contributed by atoms with E-state index in [1.54, 1.807) is 12.4 Å². The van der Waals surface area contributed by atoms with Gasteiger partial charge in [0.2, 0.25) is 11.9 Å². The topological polar surface area (TPSA) is 148 Å². The van der Waals surface area contributed by atoms with E-state index in [1.807, 2.05) is 42.0 Å². The predicted molar refractivity (Wildman–Crippen MR) is 225 cm³/mol. The van der Waals surface area contributed by atoms with Crippen LogP contribution in [-0.4, -0.2) is 99.1 Å². The quantitative estimate of drug-likeness (QED) is 0.0736. The molecule has 1 aliphatic carbocycles. The molecule has 0 bridgehead atoms. The molecule has 13 nitrogen and oxygen atoms in total. The molecule has 2 saturated heterocycles. The Hall–Kier alpha value is -5.37. The Balaban J connectivity index is 0.997. The Morgan fingerprint density at radius 2 is 1.58 bits per heavy atom. The molecule has 3 fully saturated rings. The minimum atomic E-state index is -0.693. The Labute approximate surface area is 335 Å². The first-order valence-corrected chi connectivity index (χ1v) is 20.5. The maximum absolute atomic E-state index is 12.5. The number of pyridine rings is 1. The Morgan fingerprint density at radius 3 is 2.28 bits per heavy atom. The van der Waals surface area contributed by atoms with Crippen LogP contribution in [0.5, 0.6) is 0 Å². The third kappa shape index (κ3) is 8.80. The van der Waals surface area contributed by atoms with Crippen LogP contribution in [0.1, 0.15) is 62.1 Å². The number of fused-ring (bicyclic) bond motifs is 1. The summed E-state index contributed by atoms with van der Waals surface area (Å²) in [5.74, 6) is 2.20. The van der Waals surface area contributed by atoms with Gasteiger partial charge in [0.1, 0.15) is 5.82 Å². The van der Waals surface area contributed by atoms with Crippen molar-refractivity contribution in [1.29, 1.82) is 0 Å². The number of aliphatic hydroxyl groups excluding tert-OH is 1. The second-order valence-electron chi connectivity index (χ2n) is 15.7. The number of benzene rings is 2. The molecule has 13 heteroatoms. The Kier molecular flexibility index (Phi) is 12.0. The number of rotatable bonds is 15. The van der Waals surface area contributed by atoms with E-state index in [0.29, 0.717) is 41.9 Å². The van der Waals surface area contributed by atoms with Crippen molar-refractivity contribution < 1.29 is 9.90 Å². The lowest BCUT2D eigenvalue weighted by atomic mass is 9.91. The van der Waals surface area contributed by atoms with E-state index in [2.05, 4.69) is 97.2 Å². The van der Waals surface area contributed by atoms with Gasteiger partial charge in [0.15, 0.2) is 17.0 Å². The molecule has 5 N–H and O–H groups in total. The Bertz CT molecular complexity index is 2030. The Morgan fingerprint density at radius 1 is 0.895 bits per heavy atom. The molecule has 2 aliphatic heterocycles. The molecule has 0 spiro atoms. The van der Waals surface area contributed by atoms with Gasteiger partial charge in [0, 0.05) is 82.0 Å². The normalized spacial score (nSPS) is 22.7. The summed E-state index contributed by atoms with van der Waals surface area (Å²) in [6.07, 6.45) is 8.48. The van der Waals surface area contributed by atoms with Gasteiger partial charge < -0.3 is 35.4 Å². The van der Waals surface area contributed by atoms with Crippen molar-refractivity contribution in [3.63, 3.8) is 0 Å². The molecular formula is C44H55N11O2. The third-order valence-corrected chi connectivity index (χ3v) is 12.1. The summed E-state index contributed by atoms with van der Waals surface area (Å²) in [5.41, 5.74) is 3.74. The maximum Gasteiger partial charge on any atom is 0.229 e. The SMILES string of the molecule is C=CCC(=O)NC1CC(n2cnc3c(NCC(c4ccccc4)c4ccccc4)nc(N4CCC(NCNC5CCN(c6ccccn6)CC5)C4)nc32)C(O)C1C. The fraction of sp³-hybridized carbons (Fsp3) is 0.432. The van der Waals surface area contributed by atoms with Crippen molar-refractivity contribution >= 4 is 34.7 Å². The van der Waals surface area contributed by atoms with E-state index in [0.717, 1.165) is 57.9 Å². The molecule has 5 aromatic rings. The number of amides is 1. The summed E-state index contributed by atoms with van der Waals surface area (Å²) >= 11 is 0. The molecule has 5 heterocycles. The molecule has 5 unspecified atom stereocenters. The average molecular weight is 770 g/mol. The van der Waals surface area contributed by atoms with Gasteiger partial charge in [-0.05, 0) is 48.9 Å². The van der Waals surface area contributed by atoms with E-state index in [4.69, 9.17) is 15.0 Å². The number of aliphatic hydroxyl groups is 1. The van der Waals surface area contributed by atoms with E-state index in [1.165, 1.54) is 11.1 Å².